The van der Waals surface area contributed by atoms with Gasteiger partial charge in [0.25, 0.3) is 0 Å². The number of amides is 1. The number of hydrogen-bond acceptors (Lipinski definition) is 4. The van der Waals surface area contributed by atoms with Crippen LogP contribution in [0.1, 0.15) is 11.4 Å². The summed E-state index contributed by atoms with van der Waals surface area (Å²) in [6, 6.07) is 7.63. The fourth-order valence-corrected chi connectivity index (χ4v) is 2.41. The fourth-order valence-electron chi connectivity index (χ4n) is 1.78. The van der Waals surface area contributed by atoms with Gasteiger partial charge in [0.05, 0.1) is 6.54 Å². The summed E-state index contributed by atoms with van der Waals surface area (Å²) in [5.74, 6) is 0.557. The molecule has 0 fully saturated rings. The van der Waals surface area contributed by atoms with Crippen LogP contribution in [-0.4, -0.2) is 20.5 Å². The van der Waals surface area contributed by atoms with E-state index in [1.165, 1.54) is 6.08 Å². The van der Waals surface area contributed by atoms with Gasteiger partial charge < -0.3 is 5.32 Å². The molecule has 3 aromatic rings. The predicted octanol–water partition coefficient (Wildman–Crippen LogP) is 2.12. The summed E-state index contributed by atoms with van der Waals surface area (Å²) in [5, 5.41) is 14.8. The van der Waals surface area contributed by atoms with Gasteiger partial charge in [-0.1, -0.05) is 6.07 Å². The Hall–Kier alpha value is -2.47. The molecule has 0 atom stereocenters. The second-order valence-electron chi connectivity index (χ2n) is 4.15. The molecule has 0 aliphatic heterocycles. The molecule has 0 saturated heterocycles. The molecular weight excluding hydrogens is 272 g/mol. The van der Waals surface area contributed by atoms with Crippen molar-refractivity contribution in [2.75, 3.05) is 0 Å². The molecule has 0 saturated carbocycles. The molecule has 3 heterocycles. The van der Waals surface area contributed by atoms with Crippen LogP contribution in [0.3, 0.4) is 0 Å². The molecule has 1 N–H and O–H groups in total. The summed E-state index contributed by atoms with van der Waals surface area (Å²) >= 11 is 1.60. The molecule has 0 unspecified atom stereocenters. The van der Waals surface area contributed by atoms with Crippen molar-refractivity contribution < 1.29 is 4.79 Å². The van der Waals surface area contributed by atoms with Gasteiger partial charge in [0.15, 0.2) is 11.5 Å². The third-order valence-electron chi connectivity index (χ3n) is 2.78. The summed E-state index contributed by atoms with van der Waals surface area (Å²) in [5.41, 5.74) is 1.80. The van der Waals surface area contributed by atoms with Crippen LogP contribution in [0.2, 0.25) is 0 Å². The summed E-state index contributed by atoms with van der Waals surface area (Å²) in [4.78, 5) is 11.7. The highest BCUT2D eigenvalue weighted by atomic mass is 32.1. The second-order valence-corrected chi connectivity index (χ2v) is 4.93. The first kappa shape index (κ1) is 12.6. The van der Waals surface area contributed by atoms with Gasteiger partial charge in [-0.25, -0.2) is 0 Å². The lowest BCUT2D eigenvalue weighted by atomic mass is 10.3. The van der Waals surface area contributed by atoms with E-state index in [1.807, 2.05) is 45.6 Å². The summed E-state index contributed by atoms with van der Waals surface area (Å²) in [6.07, 6.45) is 5.18. The monoisotopic (exact) mass is 284 g/mol. The highest BCUT2D eigenvalue weighted by molar-refractivity contribution is 7.08. The van der Waals surface area contributed by atoms with E-state index in [4.69, 9.17) is 0 Å². The number of fused-ring (bicyclic) bond motifs is 1. The largest absolute Gasteiger partial charge is 0.345 e. The number of rotatable bonds is 4. The first-order chi connectivity index (χ1) is 9.83. The van der Waals surface area contributed by atoms with Crippen molar-refractivity contribution in [1.29, 1.82) is 0 Å². The predicted molar refractivity (Wildman–Crippen MR) is 78.2 cm³/mol. The Morgan fingerprint density at radius 3 is 3.15 bits per heavy atom. The van der Waals surface area contributed by atoms with E-state index in [2.05, 4.69) is 15.5 Å². The lowest BCUT2D eigenvalue weighted by molar-refractivity contribution is -0.116. The highest BCUT2D eigenvalue weighted by Crippen LogP contribution is 2.07. The Kier molecular flexibility index (Phi) is 3.56. The maximum Gasteiger partial charge on any atom is 0.244 e. The van der Waals surface area contributed by atoms with E-state index in [0.717, 1.165) is 11.2 Å². The molecule has 0 aliphatic rings. The minimum Gasteiger partial charge on any atom is -0.345 e. The first-order valence-corrected chi connectivity index (χ1v) is 7.04. The number of carbonyl (C=O) groups is 1. The molecule has 0 aliphatic carbocycles. The zero-order valence-corrected chi connectivity index (χ0v) is 11.4. The van der Waals surface area contributed by atoms with Crippen LogP contribution < -0.4 is 5.32 Å². The van der Waals surface area contributed by atoms with Gasteiger partial charge in [-0.15, -0.1) is 10.2 Å². The number of hydrogen-bond donors (Lipinski definition) is 1. The van der Waals surface area contributed by atoms with Gasteiger partial charge in [0.2, 0.25) is 5.91 Å². The van der Waals surface area contributed by atoms with Crippen LogP contribution in [0.25, 0.3) is 11.7 Å². The minimum absolute atomic E-state index is 0.149. The molecule has 3 rings (SSSR count). The summed E-state index contributed by atoms with van der Waals surface area (Å²) < 4.78 is 1.85. The molecule has 20 heavy (non-hydrogen) atoms. The Labute approximate surface area is 119 Å². The van der Waals surface area contributed by atoms with Crippen molar-refractivity contribution in [3.05, 3.63) is 58.7 Å². The van der Waals surface area contributed by atoms with Crippen molar-refractivity contribution in [2.24, 2.45) is 0 Å². The van der Waals surface area contributed by atoms with E-state index in [1.54, 1.807) is 17.4 Å². The maximum absolute atomic E-state index is 11.7. The Morgan fingerprint density at radius 2 is 2.30 bits per heavy atom. The van der Waals surface area contributed by atoms with E-state index in [0.29, 0.717) is 12.4 Å². The number of aromatic nitrogens is 3. The molecular formula is C14H12N4OS. The van der Waals surface area contributed by atoms with E-state index < -0.39 is 0 Å². The van der Waals surface area contributed by atoms with Crippen LogP contribution in [0, 0.1) is 0 Å². The molecule has 0 bridgehead atoms. The van der Waals surface area contributed by atoms with Gasteiger partial charge in [0, 0.05) is 12.3 Å². The fraction of sp³-hybridized carbons (Fsp3) is 0.0714. The average molecular weight is 284 g/mol. The van der Waals surface area contributed by atoms with Crippen molar-refractivity contribution in [3.63, 3.8) is 0 Å². The van der Waals surface area contributed by atoms with Crippen LogP contribution in [0.5, 0.6) is 0 Å². The number of thiophene rings is 1. The van der Waals surface area contributed by atoms with Gasteiger partial charge in [-0.2, -0.15) is 11.3 Å². The average Bonchev–Trinajstić information content (AvgIpc) is 3.12. The van der Waals surface area contributed by atoms with Gasteiger partial charge in [-0.3, -0.25) is 9.20 Å². The summed E-state index contributed by atoms with van der Waals surface area (Å²) in [6.45, 7) is 0.345. The van der Waals surface area contributed by atoms with Crippen molar-refractivity contribution >= 4 is 29.0 Å². The van der Waals surface area contributed by atoms with Gasteiger partial charge in [0.1, 0.15) is 0 Å². The van der Waals surface area contributed by atoms with E-state index >= 15 is 0 Å². The zero-order chi connectivity index (χ0) is 13.8. The van der Waals surface area contributed by atoms with Gasteiger partial charge in [-0.05, 0) is 40.6 Å². The molecule has 5 nitrogen and oxygen atoms in total. The number of carbonyl (C=O) groups excluding carboxylic acids is 1. The van der Waals surface area contributed by atoms with Crippen molar-refractivity contribution in [2.45, 2.75) is 6.54 Å². The third kappa shape index (κ3) is 2.75. The highest BCUT2D eigenvalue weighted by Gasteiger charge is 2.04. The van der Waals surface area contributed by atoms with E-state index in [9.17, 15) is 4.79 Å². The van der Waals surface area contributed by atoms with Crippen LogP contribution >= 0.6 is 11.3 Å². The van der Waals surface area contributed by atoms with E-state index in [-0.39, 0.29) is 5.91 Å². The molecule has 1 amide bonds. The summed E-state index contributed by atoms with van der Waals surface area (Å²) in [7, 11) is 0. The quantitative estimate of drug-likeness (QED) is 0.747. The lowest BCUT2D eigenvalue weighted by Crippen LogP contribution is -2.21. The maximum atomic E-state index is 11.7. The van der Waals surface area contributed by atoms with Crippen LogP contribution in [0.4, 0.5) is 0 Å². The topological polar surface area (TPSA) is 59.3 Å². The number of nitrogens with one attached hydrogen (secondary N) is 1. The smallest absolute Gasteiger partial charge is 0.244 e. The SMILES string of the molecule is O=C(/C=C/c1ccsc1)NCc1nnc2ccccn12. The number of nitrogens with zero attached hydrogens (tertiary/aromatic N) is 3. The van der Waals surface area contributed by atoms with Crippen LogP contribution in [0.15, 0.2) is 47.3 Å². The third-order valence-corrected chi connectivity index (χ3v) is 3.48. The number of pyridine rings is 1. The van der Waals surface area contributed by atoms with Crippen molar-refractivity contribution in [1.82, 2.24) is 19.9 Å². The molecule has 3 aromatic heterocycles. The molecule has 0 radical (unpaired) electrons. The Morgan fingerprint density at radius 1 is 1.35 bits per heavy atom. The molecule has 0 aromatic carbocycles. The Bertz CT molecular complexity index is 745. The molecule has 6 heteroatoms. The van der Waals surface area contributed by atoms with Crippen LogP contribution in [-0.2, 0) is 11.3 Å². The van der Waals surface area contributed by atoms with Gasteiger partial charge >= 0.3 is 0 Å². The first-order valence-electron chi connectivity index (χ1n) is 6.10. The Balaban J connectivity index is 1.63. The second kappa shape index (κ2) is 5.66. The molecule has 0 spiro atoms. The lowest BCUT2D eigenvalue weighted by Gasteiger charge is -2.00. The minimum atomic E-state index is -0.149. The zero-order valence-electron chi connectivity index (χ0n) is 10.6. The van der Waals surface area contributed by atoms with Crippen molar-refractivity contribution in [3.8, 4) is 0 Å². The normalized spacial score (nSPS) is 11.2. The molecule has 100 valence electrons. The standard InChI is InChI=1S/C14H12N4OS/c19-14(5-4-11-6-8-20-10-11)15-9-13-17-16-12-3-1-2-7-18(12)13/h1-8,10H,9H2,(H,15,19)/b5-4+.